The zero-order chi connectivity index (χ0) is 14.7. The minimum absolute atomic E-state index is 0.0325. The van der Waals surface area contributed by atoms with Gasteiger partial charge in [0.1, 0.15) is 5.84 Å². The van der Waals surface area contributed by atoms with E-state index in [4.69, 9.17) is 20.4 Å². The van der Waals surface area contributed by atoms with Crippen molar-refractivity contribution in [2.24, 2.45) is 16.8 Å². The van der Waals surface area contributed by atoms with E-state index < -0.39 is 0 Å². The predicted molar refractivity (Wildman–Crippen MR) is 79.5 cm³/mol. The van der Waals surface area contributed by atoms with Crippen molar-refractivity contribution >= 4 is 5.84 Å². The Morgan fingerprint density at radius 2 is 2.05 bits per heavy atom. The molecule has 6 heteroatoms. The zero-order valence-electron chi connectivity index (χ0n) is 12.7. The summed E-state index contributed by atoms with van der Waals surface area (Å²) in [5.41, 5.74) is 5.84. The van der Waals surface area contributed by atoms with E-state index in [0.717, 1.165) is 71.4 Å². The van der Waals surface area contributed by atoms with Crippen molar-refractivity contribution < 1.29 is 14.7 Å². The van der Waals surface area contributed by atoms with Crippen LogP contribution in [0.4, 0.5) is 0 Å². The standard InChI is InChI=1S/C15H27N3O3/c16-14(17-19)12-2-1-6-18(11-12)13-3-7-21-15(10-13)4-8-20-9-5-15/h12-13,19H,1-11H2,(H2,16,17). The Hall–Kier alpha value is -0.850. The fraction of sp³-hybridized carbons (Fsp3) is 0.933. The molecule has 2 atom stereocenters. The lowest BCUT2D eigenvalue weighted by Gasteiger charge is -2.48. The number of hydrogen-bond donors (Lipinski definition) is 2. The van der Waals surface area contributed by atoms with E-state index in [1.807, 2.05) is 0 Å². The lowest BCUT2D eigenvalue weighted by atomic mass is 9.82. The molecule has 0 aromatic carbocycles. The van der Waals surface area contributed by atoms with Crippen molar-refractivity contribution in [3.8, 4) is 0 Å². The summed E-state index contributed by atoms with van der Waals surface area (Å²) in [4.78, 5) is 2.53. The van der Waals surface area contributed by atoms with Crippen LogP contribution in [0.5, 0.6) is 0 Å². The number of nitrogens with zero attached hydrogens (tertiary/aromatic N) is 2. The number of oxime groups is 1. The highest BCUT2D eigenvalue weighted by molar-refractivity contribution is 5.82. The first-order chi connectivity index (χ1) is 10.2. The van der Waals surface area contributed by atoms with Gasteiger partial charge in [0.2, 0.25) is 0 Å². The van der Waals surface area contributed by atoms with Gasteiger partial charge < -0.3 is 20.4 Å². The van der Waals surface area contributed by atoms with Gasteiger partial charge in [-0.25, -0.2) is 0 Å². The Labute approximate surface area is 126 Å². The maximum atomic E-state index is 8.89. The summed E-state index contributed by atoms with van der Waals surface area (Å²) in [6, 6.07) is 0.561. The van der Waals surface area contributed by atoms with Crippen LogP contribution in [0, 0.1) is 5.92 Å². The molecule has 3 fully saturated rings. The Kier molecular flexibility index (Phi) is 4.66. The van der Waals surface area contributed by atoms with Crippen LogP contribution in [0.2, 0.25) is 0 Å². The molecular formula is C15H27N3O3. The highest BCUT2D eigenvalue weighted by atomic mass is 16.5. The van der Waals surface area contributed by atoms with Gasteiger partial charge >= 0.3 is 0 Å². The van der Waals surface area contributed by atoms with Crippen LogP contribution in [-0.2, 0) is 9.47 Å². The van der Waals surface area contributed by atoms with Crippen molar-refractivity contribution in [2.45, 2.75) is 50.2 Å². The van der Waals surface area contributed by atoms with Gasteiger partial charge in [0, 0.05) is 38.3 Å². The third kappa shape index (κ3) is 3.33. The fourth-order valence-corrected chi connectivity index (χ4v) is 4.07. The fourth-order valence-electron chi connectivity index (χ4n) is 4.07. The van der Waals surface area contributed by atoms with Gasteiger partial charge in [-0.1, -0.05) is 5.16 Å². The SMILES string of the molecule is NC(=NO)C1CCCN(C2CCOC3(CCOCC3)C2)C1. The third-order valence-corrected chi connectivity index (χ3v) is 5.37. The maximum absolute atomic E-state index is 8.89. The topological polar surface area (TPSA) is 80.3 Å². The molecule has 3 N–H and O–H groups in total. The van der Waals surface area contributed by atoms with Crippen molar-refractivity contribution in [1.82, 2.24) is 4.90 Å². The van der Waals surface area contributed by atoms with Gasteiger partial charge in [-0.15, -0.1) is 0 Å². The quantitative estimate of drug-likeness (QED) is 0.346. The van der Waals surface area contributed by atoms with Gasteiger partial charge in [-0.2, -0.15) is 0 Å². The molecule has 21 heavy (non-hydrogen) atoms. The smallest absolute Gasteiger partial charge is 0.143 e. The molecule has 0 aliphatic carbocycles. The van der Waals surface area contributed by atoms with Crippen molar-refractivity contribution in [3.63, 3.8) is 0 Å². The number of likely N-dealkylation sites (tertiary alicyclic amines) is 1. The molecule has 3 heterocycles. The van der Waals surface area contributed by atoms with Crippen LogP contribution in [0.15, 0.2) is 5.16 Å². The van der Waals surface area contributed by atoms with Crippen molar-refractivity contribution in [1.29, 1.82) is 0 Å². The number of ether oxygens (including phenoxy) is 2. The van der Waals surface area contributed by atoms with Crippen LogP contribution in [-0.4, -0.2) is 60.5 Å². The maximum Gasteiger partial charge on any atom is 0.143 e. The Morgan fingerprint density at radius 1 is 1.24 bits per heavy atom. The average Bonchev–Trinajstić information content (AvgIpc) is 2.55. The van der Waals surface area contributed by atoms with E-state index in [0.29, 0.717) is 11.9 Å². The number of nitrogens with two attached hydrogens (primary N) is 1. The monoisotopic (exact) mass is 297 g/mol. The largest absolute Gasteiger partial charge is 0.409 e. The van der Waals surface area contributed by atoms with Crippen molar-refractivity contribution in [3.05, 3.63) is 0 Å². The second-order valence-electron chi connectivity index (χ2n) is 6.65. The van der Waals surface area contributed by atoms with Gasteiger partial charge in [0.15, 0.2) is 0 Å². The number of hydrogen-bond acceptors (Lipinski definition) is 5. The summed E-state index contributed by atoms with van der Waals surface area (Å²) in [6.07, 6.45) is 6.36. The first-order valence-electron chi connectivity index (χ1n) is 8.16. The molecule has 1 spiro atoms. The molecule has 120 valence electrons. The molecule has 3 aliphatic heterocycles. The third-order valence-electron chi connectivity index (χ3n) is 5.37. The number of amidine groups is 1. The second kappa shape index (κ2) is 6.50. The van der Waals surface area contributed by atoms with E-state index in [1.165, 1.54) is 0 Å². The van der Waals surface area contributed by atoms with E-state index in [9.17, 15) is 0 Å². The molecule has 2 unspecified atom stereocenters. The van der Waals surface area contributed by atoms with E-state index in [-0.39, 0.29) is 11.5 Å². The summed E-state index contributed by atoms with van der Waals surface area (Å²) in [5, 5.41) is 12.1. The molecule has 0 aromatic rings. The van der Waals surface area contributed by atoms with E-state index in [2.05, 4.69) is 10.1 Å². The molecule has 6 nitrogen and oxygen atoms in total. The second-order valence-corrected chi connectivity index (χ2v) is 6.65. The van der Waals surface area contributed by atoms with Gasteiger partial charge in [-0.3, -0.25) is 4.90 Å². The Morgan fingerprint density at radius 3 is 2.81 bits per heavy atom. The predicted octanol–water partition coefficient (Wildman–Crippen LogP) is 1.17. The minimum Gasteiger partial charge on any atom is -0.409 e. The normalized spacial score (nSPS) is 35.0. The summed E-state index contributed by atoms with van der Waals surface area (Å²) < 4.78 is 11.6. The summed E-state index contributed by atoms with van der Waals surface area (Å²) in [6.45, 7) is 4.51. The lowest BCUT2D eigenvalue weighted by molar-refractivity contribution is -0.152. The van der Waals surface area contributed by atoms with Crippen LogP contribution < -0.4 is 5.73 Å². The molecule has 0 aromatic heterocycles. The van der Waals surface area contributed by atoms with Gasteiger partial charge in [-0.05, 0) is 45.1 Å². The molecule has 3 saturated heterocycles. The highest BCUT2D eigenvalue weighted by Crippen LogP contribution is 2.37. The lowest BCUT2D eigenvalue weighted by Crippen LogP contribution is -2.54. The highest BCUT2D eigenvalue weighted by Gasteiger charge is 2.41. The zero-order valence-corrected chi connectivity index (χ0v) is 12.7. The molecule has 0 saturated carbocycles. The van der Waals surface area contributed by atoms with Crippen LogP contribution in [0.25, 0.3) is 0 Å². The molecule has 0 radical (unpaired) electrons. The van der Waals surface area contributed by atoms with E-state index >= 15 is 0 Å². The Balaban J connectivity index is 1.63. The summed E-state index contributed by atoms with van der Waals surface area (Å²) in [7, 11) is 0. The number of piperidine rings is 1. The van der Waals surface area contributed by atoms with Crippen molar-refractivity contribution in [2.75, 3.05) is 32.9 Å². The first kappa shape index (κ1) is 15.1. The summed E-state index contributed by atoms with van der Waals surface area (Å²) >= 11 is 0. The number of rotatable bonds is 2. The van der Waals surface area contributed by atoms with Crippen LogP contribution in [0.3, 0.4) is 0 Å². The van der Waals surface area contributed by atoms with E-state index in [1.54, 1.807) is 0 Å². The molecule has 0 bridgehead atoms. The van der Waals surface area contributed by atoms with Gasteiger partial charge in [0.05, 0.1) is 5.60 Å². The molecule has 0 amide bonds. The average molecular weight is 297 g/mol. The summed E-state index contributed by atoms with van der Waals surface area (Å²) in [5.74, 6) is 0.574. The minimum atomic E-state index is 0.0325. The Bertz CT molecular complexity index is 377. The molecular weight excluding hydrogens is 270 g/mol. The van der Waals surface area contributed by atoms with Crippen LogP contribution in [0.1, 0.15) is 38.5 Å². The van der Waals surface area contributed by atoms with Gasteiger partial charge in [0.25, 0.3) is 0 Å². The first-order valence-corrected chi connectivity index (χ1v) is 8.16. The molecule has 3 aliphatic rings. The molecule has 3 rings (SSSR count). The van der Waals surface area contributed by atoms with Crippen LogP contribution >= 0.6 is 0 Å².